The van der Waals surface area contributed by atoms with Gasteiger partial charge in [-0.3, -0.25) is 0 Å². The summed E-state index contributed by atoms with van der Waals surface area (Å²) in [6, 6.07) is 24.0. The Bertz CT molecular complexity index is 1290. The van der Waals surface area contributed by atoms with Gasteiger partial charge >= 0.3 is 0 Å². The third-order valence-corrected chi connectivity index (χ3v) is 6.22. The lowest BCUT2D eigenvalue weighted by atomic mass is 9.82. The van der Waals surface area contributed by atoms with Gasteiger partial charge in [-0.2, -0.15) is 4.57 Å². The molecule has 0 aliphatic heterocycles. The molecule has 4 aromatic rings. The molecule has 0 spiro atoms. The second kappa shape index (κ2) is 7.85. The summed E-state index contributed by atoms with van der Waals surface area (Å²) in [4.78, 5) is 5.30. The van der Waals surface area contributed by atoms with Gasteiger partial charge in [0.1, 0.15) is 11.2 Å². The minimum atomic E-state index is -0.132. The summed E-state index contributed by atoms with van der Waals surface area (Å²) in [5, 5.41) is 0. The van der Waals surface area contributed by atoms with E-state index in [0.717, 1.165) is 16.8 Å². The van der Waals surface area contributed by atoms with Crippen LogP contribution in [0.3, 0.4) is 0 Å². The van der Waals surface area contributed by atoms with Gasteiger partial charge in [-0.1, -0.05) is 69.3 Å². The van der Waals surface area contributed by atoms with Crippen molar-refractivity contribution in [3.05, 3.63) is 83.4 Å². The van der Waals surface area contributed by atoms with Crippen LogP contribution in [0.1, 0.15) is 58.2 Å². The van der Waals surface area contributed by atoms with Gasteiger partial charge in [0.05, 0.1) is 5.56 Å². The van der Waals surface area contributed by atoms with Crippen molar-refractivity contribution in [2.45, 2.75) is 66.3 Å². The molecule has 0 N–H and O–H groups in total. The highest BCUT2D eigenvalue weighted by molar-refractivity contribution is 5.84. The predicted molar refractivity (Wildman–Crippen MR) is 136 cm³/mol. The van der Waals surface area contributed by atoms with Crippen LogP contribution in [0.5, 0.6) is 0 Å². The van der Waals surface area contributed by atoms with E-state index in [1.165, 1.54) is 33.5 Å². The van der Waals surface area contributed by atoms with Crippen LogP contribution in [0.2, 0.25) is 0 Å². The summed E-state index contributed by atoms with van der Waals surface area (Å²) in [5.74, 6) is 0. The fraction of sp³-hybridized carbons (Fsp3) is 0.333. The van der Waals surface area contributed by atoms with E-state index in [9.17, 15) is 0 Å². The second-order valence-electron chi connectivity index (χ2n) is 10.9. The number of rotatable bonds is 2. The molecule has 2 heteroatoms. The molecule has 0 aliphatic rings. The Kier molecular flexibility index (Phi) is 5.45. The zero-order chi connectivity index (χ0) is 23.3. The van der Waals surface area contributed by atoms with Crippen molar-refractivity contribution >= 4 is 11.0 Å². The van der Waals surface area contributed by atoms with E-state index in [1.54, 1.807) is 0 Å². The zero-order valence-electron chi connectivity index (χ0n) is 20.7. The molecule has 0 fully saturated rings. The molecule has 0 atom stereocenters. The van der Waals surface area contributed by atoms with Crippen LogP contribution < -0.4 is 4.57 Å². The number of aryl methyl sites for hydroxylation is 2. The maximum Gasteiger partial charge on any atom is 0.240 e. The van der Waals surface area contributed by atoms with Gasteiger partial charge in [0.25, 0.3) is 0 Å². The Balaban J connectivity index is 2.27. The Labute approximate surface area is 193 Å². The summed E-state index contributed by atoms with van der Waals surface area (Å²) in [7, 11) is 0. The van der Waals surface area contributed by atoms with E-state index in [1.807, 2.05) is 0 Å². The molecule has 1 aromatic heterocycles. The highest BCUT2D eigenvalue weighted by Crippen LogP contribution is 2.38. The van der Waals surface area contributed by atoms with Crippen LogP contribution in [0.4, 0.5) is 0 Å². The van der Waals surface area contributed by atoms with E-state index in [0.29, 0.717) is 0 Å². The predicted octanol–water partition coefficient (Wildman–Crippen LogP) is 7.53. The Hall–Kier alpha value is -3.00. The molecule has 0 unspecified atom stereocenters. The average Bonchev–Trinajstić information content (AvgIpc) is 2.73. The number of nitrogens with zero attached hydrogens (tertiary/aromatic N) is 2. The summed E-state index contributed by atoms with van der Waals surface area (Å²) in [6.45, 7) is 18.1. The Morgan fingerprint density at radius 2 is 1.31 bits per heavy atom. The van der Waals surface area contributed by atoms with Crippen molar-refractivity contribution in [2.24, 2.45) is 0 Å². The molecule has 1 heterocycles. The number of aromatic nitrogens is 2. The fourth-order valence-electron chi connectivity index (χ4n) is 4.54. The fourth-order valence-corrected chi connectivity index (χ4v) is 4.54. The first-order valence-corrected chi connectivity index (χ1v) is 11.5. The van der Waals surface area contributed by atoms with Crippen molar-refractivity contribution in [3.63, 3.8) is 0 Å². The minimum Gasteiger partial charge on any atom is -0.234 e. The summed E-state index contributed by atoms with van der Waals surface area (Å²) in [6.07, 6.45) is 0. The van der Waals surface area contributed by atoms with E-state index >= 15 is 0 Å². The molecule has 0 saturated carbocycles. The zero-order valence-corrected chi connectivity index (χ0v) is 20.7. The van der Waals surface area contributed by atoms with Gasteiger partial charge in [-0.15, -0.1) is 0 Å². The first-order valence-electron chi connectivity index (χ1n) is 11.5. The Morgan fingerprint density at radius 3 is 1.94 bits per heavy atom. The lowest BCUT2D eigenvalue weighted by Crippen LogP contribution is -2.53. The quantitative estimate of drug-likeness (QED) is 0.305. The second-order valence-corrected chi connectivity index (χ2v) is 10.9. The summed E-state index contributed by atoms with van der Waals surface area (Å²) in [5.41, 5.74) is 10.6. The first-order chi connectivity index (χ1) is 15.0. The molecule has 0 bridgehead atoms. The highest BCUT2D eigenvalue weighted by Gasteiger charge is 2.36. The van der Waals surface area contributed by atoms with Crippen LogP contribution in [-0.4, -0.2) is 4.98 Å². The topological polar surface area (TPSA) is 16.8 Å². The van der Waals surface area contributed by atoms with Gasteiger partial charge in [-0.05, 0) is 48.1 Å². The van der Waals surface area contributed by atoms with Crippen molar-refractivity contribution in [2.75, 3.05) is 0 Å². The van der Waals surface area contributed by atoms with E-state index < -0.39 is 0 Å². The smallest absolute Gasteiger partial charge is 0.234 e. The standard InChI is InChI=1S/C30H35N2/c1-20-18-25-26(19-21(20)2)32(30(6,7)8)28(27(31-25)22-14-10-9-11-15-22)23-16-12-13-17-24(23)29(3,4)5/h9-19H,1-8H3/q+1. The maximum absolute atomic E-state index is 5.30. The van der Waals surface area contributed by atoms with Crippen LogP contribution in [0, 0.1) is 13.8 Å². The first kappa shape index (κ1) is 22.2. The molecule has 0 aliphatic carbocycles. The number of hydrogen-bond acceptors (Lipinski definition) is 1. The minimum absolute atomic E-state index is 0.0123. The van der Waals surface area contributed by atoms with Gasteiger partial charge < -0.3 is 0 Å². The molecule has 0 saturated heterocycles. The molecule has 4 rings (SSSR count). The average molecular weight is 424 g/mol. The van der Waals surface area contributed by atoms with Gasteiger partial charge in [0.15, 0.2) is 5.54 Å². The molecule has 164 valence electrons. The normalized spacial score (nSPS) is 12.4. The number of benzene rings is 3. The molecule has 0 radical (unpaired) electrons. The largest absolute Gasteiger partial charge is 0.240 e. The van der Waals surface area contributed by atoms with Crippen molar-refractivity contribution in [1.82, 2.24) is 4.98 Å². The molecule has 32 heavy (non-hydrogen) atoms. The van der Waals surface area contributed by atoms with Crippen LogP contribution in [0.25, 0.3) is 33.5 Å². The SMILES string of the molecule is Cc1cc2nc(-c3ccccc3)c(-c3ccccc3C(C)(C)C)[n+](C(C)(C)C)c2cc1C. The molecule has 2 nitrogen and oxygen atoms in total. The molecule has 3 aromatic carbocycles. The van der Waals surface area contributed by atoms with Gasteiger partial charge in [0.2, 0.25) is 11.2 Å². The van der Waals surface area contributed by atoms with Crippen LogP contribution in [0.15, 0.2) is 66.7 Å². The highest BCUT2D eigenvalue weighted by atomic mass is 15.1. The van der Waals surface area contributed by atoms with E-state index in [-0.39, 0.29) is 11.0 Å². The van der Waals surface area contributed by atoms with E-state index in [2.05, 4.69) is 127 Å². The number of hydrogen-bond donors (Lipinski definition) is 0. The monoisotopic (exact) mass is 423 g/mol. The lowest BCUT2D eigenvalue weighted by molar-refractivity contribution is -0.720. The summed E-state index contributed by atoms with van der Waals surface area (Å²) < 4.78 is 2.51. The van der Waals surface area contributed by atoms with Crippen molar-refractivity contribution < 1.29 is 4.57 Å². The Morgan fingerprint density at radius 1 is 0.719 bits per heavy atom. The van der Waals surface area contributed by atoms with Crippen molar-refractivity contribution in [3.8, 4) is 22.5 Å². The van der Waals surface area contributed by atoms with E-state index in [4.69, 9.17) is 4.98 Å². The van der Waals surface area contributed by atoms with Gasteiger partial charge in [0, 0.05) is 32.4 Å². The van der Waals surface area contributed by atoms with Crippen molar-refractivity contribution in [1.29, 1.82) is 0 Å². The molecule has 0 amide bonds. The molecular weight excluding hydrogens is 388 g/mol. The maximum atomic E-state index is 5.30. The van der Waals surface area contributed by atoms with Crippen LogP contribution >= 0.6 is 0 Å². The molecular formula is C30H35N2+. The third-order valence-electron chi connectivity index (χ3n) is 6.22. The number of fused-ring (bicyclic) bond motifs is 1. The third kappa shape index (κ3) is 3.95. The lowest BCUT2D eigenvalue weighted by Gasteiger charge is -2.26. The van der Waals surface area contributed by atoms with Gasteiger partial charge in [-0.25, -0.2) is 4.98 Å². The van der Waals surface area contributed by atoms with Crippen LogP contribution in [-0.2, 0) is 11.0 Å². The summed E-state index contributed by atoms with van der Waals surface area (Å²) >= 11 is 0.